The van der Waals surface area contributed by atoms with Crippen LogP contribution in [-0.4, -0.2) is 85.0 Å². The number of nitrogens with one attached hydrogen (secondary N) is 2. The van der Waals surface area contributed by atoms with Crippen LogP contribution in [0.25, 0.3) is 45.0 Å². The first kappa shape index (κ1) is 46.3. The first-order valence-corrected chi connectivity index (χ1v) is 21.8. The van der Waals surface area contributed by atoms with Crippen LogP contribution in [0.4, 0.5) is 0 Å². The fourth-order valence-corrected chi connectivity index (χ4v) is 7.89. The molecule has 16 nitrogen and oxygen atoms in total. The SMILES string of the molecule is CCCCC(=O)N(Cc1ccc(-c2ccccc2-c2n[nH][n+](CC(C)C(C(=O)O)N(Cc3ccc(-c4ccccc4-c4nn[nH]n4)cc3)C(=O)CCCC)n2)cc1)C(=C(O)O)C(C)C. The first-order valence-electron chi connectivity index (χ1n) is 21.8. The number of H-pyrrole nitrogens is 2. The number of amides is 2. The molecule has 0 saturated carbocycles. The van der Waals surface area contributed by atoms with Gasteiger partial charge in [-0.1, -0.05) is 143 Å². The van der Waals surface area contributed by atoms with Crippen molar-refractivity contribution < 1.29 is 34.5 Å². The van der Waals surface area contributed by atoms with E-state index >= 15 is 0 Å². The van der Waals surface area contributed by atoms with Gasteiger partial charge in [0, 0.05) is 36.8 Å². The van der Waals surface area contributed by atoms with Crippen LogP contribution in [-0.2, 0) is 34.0 Å². The van der Waals surface area contributed by atoms with E-state index in [0.29, 0.717) is 30.9 Å². The summed E-state index contributed by atoms with van der Waals surface area (Å²) in [5, 5.41) is 57.6. The number of carboxylic acids is 1. The Hall–Kier alpha value is -7.23. The van der Waals surface area contributed by atoms with Crippen molar-refractivity contribution in [2.75, 3.05) is 0 Å². The number of hydrogen-bond donors (Lipinski definition) is 5. The van der Waals surface area contributed by atoms with E-state index in [2.05, 4.69) is 30.9 Å². The zero-order valence-electron chi connectivity index (χ0n) is 37.0. The Labute approximate surface area is 372 Å². The molecule has 2 amide bonds. The molecule has 0 aliphatic rings. The number of nitrogens with zero attached hydrogens (tertiary/aromatic N) is 8. The maximum atomic E-state index is 13.8. The lowest BCUT2D eigenvalue weighted by molar-refractivity contribution is -0.809. The van der Waals surface area contributed by atoms with Gasteiger partial charge in [0.25, 0.3) is 5.95 Å². The fraction of sp³-hybridized carbons (Fsp3) is 0.354. The molecular formula is C48H57N10O6+. The van der Waals surface area contributed by atoms with Gasteiger partial charge >= 0.3 is 11.8 Å². The van der Waals surface area contributed by atoms with Crippen molar-refractivity contribution >= 4 is 17.8 Å². The number of carbonyl (C=O) groups is 3. The molecule has 0 fully saturated rings. The molecule has 6 rings (SSSR count). The molecule has 0 bridgehead atoms. The molecule has 2 unspecified atom stereocenters. The quantitative estimate of drug-likeness (QED) is 0.0344. The Morgan fingerprint density at radius 3 is 1.70 bits per heavy atom. The number of tetrazole rings is 2. The second-order valence-electron chi connectivity index (χ2n) is 16.3. The highest BCUT2D eigenvalue weighted by Crippen LogP contribution is 2.32. The molecule has 6 aromatic rings. The smallest absolute Gasteiger partial charge is 0.339 e. The van der Waals surface area contributed by atoms with Gasteiger partial charge in [-0.15, -0.1) is 10.2 Å². The summed E-state index contributed by atoms with van der Waals surface area (Å²) in [5.74, 6) is -2.40. The number of benzene rings is 4. The molecule has 0 aliphatic heterocycles. The molecule has 4 aromatic carbocycles. The number of hydrogen-bond acceptors (Lipinski definition) is 10. The van der Waals surface area contributed by atoms with Crippen LogP contribution >= 0.6 is 0 Å². The molecule has 0 saturated heterocycles. The van der Waals surface area contributed by atoms with Gasteiger partial charge in [0.1, 0.15) is 18.3 Å². The number of aromatic amines is 2. The maximum absolute atomic E-state index is 13.8. The van der Waals surface area contributed by atoms with Crippen molar-refractivity contribution in [3.05, 3.63) is 120 Å². The number of carboxylic acid groups (broad SMARTS) is 1. The third-order valence-electron chi connectivity index (χ3n) is 11.2. The second kappa shape index (κ2) is 21.7. The van der Waals surface area contributed by atoms with Gasteiger partial charge in [-0.2, -0.15) is 5.21 Å². The van der Waals surface area contributed by atoms with Crippen molar-refractivity contribution in [3.63, 3.8) is 0 Å². The number of aliphatic hydroxyl groups is 2. The van der Waals surface area contributed by atoms with Crippen LogP contribution in [0.15, 0.2) is 109 Å². The normalized spacial score (nSPS) is 12.2. The zero-order chi connectivity index (χ0) is 45.8. The van der Waals surface area contributed by atoms with E-state index in [0.717, 1.165) is 57.3 Å². The maximum Gasteiger partial charge on any atom is 0.339 e. The van der Waals surface area contributed by atoms with Crippen LogP contribution < -0.4 is 4.80 Å². The molecule has 2 aromatic heterocycles. The molecule has 0 aliphatic carbocycles. The van der Waals surface area contributed by atoms with Crippen LogP contribution in [0.2, 0.25) is 0 Å². The van der Waals surface area contributed by atoms with E-state index in [-0.39, 0.29) is 49.5 Å². The summed E-state index contributed by atoms with van der Waals surface area (Å²) < 4.78 is 0. The third kappa shape index (κ3) is 11.2. The summed E-state index contributed by atoms with van der Waals surface area (Å²) in [7, 11) is 0. The van der Waals surface area contributed by atoms with Gasteiger partial charge in [-0.3, -0.25) is 9.59 Å². The molecular weight excluding hydrogens is 813 g/mol. The molecule has 2 heterocycles. The third-order valence-corrected chi connectivity index (χ3v) is 11.2. The highest BCUT2D eigenvalue weighted by atomic mass is 16.5. The lowest BCUT2D eigenvalue weighted by Crippen LogP contribution is -2.53. The second-order valence-corrected chi connectivity index (χ2v) is 16.3. The minimum atomic E-state index is -1.17. The van der Waals surface area contributed by atoms with E-state index in [1.807, 2.05) is 125 Å². The number of carbonyl (C=O) groups excluding carboxylic acids is 2. The monoisotopic (exact) mass is 869 g/mol. The Kier molecular flexibility index (Phi) is 15.7. The molecule has 334 valence electrons. The van der Waals surface area contributed by atoms with Crippen LogP contribution in [0, 0.1) is 11.8 Å². The van der Waals surface area contributed by atoms with Gasteiger partial charge in [-0.05, 0) is 67.8 Å². The van der Waals surface area contributed by atoms with Gasteiger partial charge in [-0.25, -0.2) is 4.79 Å². The largest absolute Gasteiger partial charge is 0.480 e. The number of aliphatic carboxylic acids is 1. The van der Waals surface area contributed by atoms with Gasteiger partial charge < -0.3 is 25.1 Å². The summed E-state index contributed by atoms with van der Waals surface area (Å²) >= 11 is 0. The Balaban J connectivity index is 1.20. The minimum absolute atomic E-state index is 0.0990. The summed E-state index contributed by atoms with van der Waals surface area (Å²) in [6.07, 6.45) is 3.46. The summed E-state index contributed by atoms with van der Waals surface area (Å²) in [4.78, 5) is 44.6. The van der Waals surface area contributed by atoms with Crippen molar-refractivity contribution in [2.24, 2.45) is 11.8 Å². The average Bonchev–Trinajstić information content (AvgIpc) is 4.00. The van der Waals surface area contributed by atoms with Gasteiger partial charge in [0.2, 0.25) is 17.6 Å². The highest BCUT2D eigenvalue weighted by molar-refractivity contribution is 5.84. The predicted molar refractivity (Wildman–Crippen MR) is 240 cm³/mol. The lowest BCUT2D eigenvalue weighted by atomic mass is 9.97. The number of aliphatic hydroxyl groups excluding tert-OH is 1. The zero-order valence-corrected chi connectivity index (χ0v) is 37.0. The van der Waals surface area contributed by atoms with Crippen molar-refractivity contribution in [2.45, 2.75) is 98.8 Å². The number of rotatable bonds is 21. The van der Waals surface area contributed by atoms with Crippen molar-refractivity contribution in [1.29, 1.82) is 0 Å². The molecule has 0 spiro atoms. The van der Waals surface area contributed by atoms with Crippen LogP contribution in [0.3, 0.4) is 0 Å². The van der Waals surface area contributed by atoms with Crippen LogP contribution in [0.1, 0.15) is 84.3 Å². The molecule has 5 N–H and O–H groups in total. The van der Waals surface area contributed by atoms with E-state index in [9.17, 15) is 29.7 Å². The van der Waals surface area contributed by atoms with E-state index in [1.54, 1.807) is 6.92 Å². The Morgan fingerprint density at radius 1 is 0.672 bits per heavy atom. The Morgan fingerprint density at radius 2 is 1.20 bits per heavy atom. The average molecular weight is 870 g/mol. The van der Waals surface area contributed by atoms with Crippen molar-refractivity contribution in [1.82, 2.24) is 45.8 Å². The first-order chi connectivity index (χ1) is 30.9. The van der Waals surface area contributed by atoms with E-state index in [1.165, 1.54) is 14.6 Å². The molecule has 16 heteroatoms. The van der Waals surface area contributed by atoms with Crippen LogP contribution in [0.5, 0.6) is 0 Å². The van der Waals surface area contributed by atoms with Gasteiger partial charge in [0.15, 0.2) is 0 Å². The predicted octanol–water partition coefficient (Wildman–Crippen LogP) is 8.04. The fourth-order valence-electron chi connectivity index (χ4n) is 7.89. The van der Waals surface area contributed by atoms with E-state index < -0.39 is 23.9 Å². The lowest BCUT2D eigenvalue weighted by Gasteiger charge is -2.32. The van der Waals surface area contributed by atoms with Gasteiger partial charge in [0.05, 0.1) is 17.2 Å². The summed E-state index contributed by atoms with van der Waals surface area (Å²) in [6, 6.07) is 29.6. The molecule has 2 atom stereocenters. The number of aromatic nitrogens is 8. The Bertz CT molecular complexity index is 2510. The number of unbranched alkanes of at least 4 members (excludes halogenated alkanes) is 2. The minimum Gasteiger partial charge on any atom is -0.480 e. The summed E-state index contributed by atoms with van der Waals surface area (Å²) in [5.41, 5.74) is 6.84. The standard InChI is InChI=1S/C48H56N10O6/c1-6-8-18-41(59)56(43(31(3)4)47(61)62)29-33-20-26-36(27-21-33)38-15-11-13-17-40(38)46-51-55-58(52-46)28-32(5)44(48(63)64)57(42(60)19-9-7-2)30-34-22-24-35(25-23-34)37-14-10-12-16-39(37)45-49-53-54-50-45/h10-17,20-27,31-32,44H,6-9,18-19,28-30H2,1-5H3,(H4,49,50,53,54,61,62,63,64)/p+1. The molecule has 64 heavy (non-hydrogen) atoms. The highest BCUT2D eigenvalue weighted by Gasteiger charge is 2.36. The topological polar surface area (TPSA) is 218 Å². The summed E-state index contributed by atoms with van der Waals surface area (Å²) in [6.45, 7) is 9.82. The van der Waals surface area contributed by atoms with E-state index in [4.69, 9.17) is 5.10 Å². The number of allylic oxidation sites excluding steroid dienone is 1. The molecule has 0 radical (unpaired) electrons. The van der Waals surface area contributed by atoms with Crippen molar-refractivity contribution in [3.8, 4) is 45.0 Å².